The first kappa shape index (κ1) is 19.5. The van der Waals surface area contributed by atoms with Crippen molar-refractivity contribution in [3.63, 3.8) is 0 Å². The third kappa shape index (κ3) is 5.15. The van der Waals surface area contributed by atoms with Crippen LogP contribution in [0.5, 0.6) is 0 Å². The highest BCUT2D eigenvalue weighted by atomic mass is 16.2. The summed E-state index contributed by atoms with van der Waals surface area (Å²) in [7, 11) is 1.83. The molecule has 0 radical (unpaired) electrons. The van der Waals surface area contributed by atoms with Gasteiger partial charge in [-0.15, -0.1) is 0 Å². The third-order valence-corrected chi connectivity index (χ3v) is 6.07. The third-order valence-electron chi connectivity index (χ3n) is 6.07. The van der Waals surface area contributed by atoms with Crippen molar-refractivity contribution >= 4 is 17.6 Å². The fourth-order valence-electron chi connectivity index (χ4n) is 4.14. The predicted molar refractivity (Wildman–Crippen MR) is 111 cm³/mol. The molecule has 1 aromatic rings. The summed E-state index contributed by atoms with van der Waals surface area (Å²) in [5.41, 5.74) is 2.75. The number of carbonyl (C=O) groups is 1. The molecule has 1 heterocycles. The maximum atomic E-state index is 11.5. The van der Waals surface area contributed by atoms with Crippen LogP contribution < -0.4 is 20.9 Å². The van der Waals surface area contributed by atoms with E-state index >= 15 is 0 Å². The largest absolute Gasteiger partial charge is 0.360 e. The Hall–Kier alpha value is -2.24. The van der Waals surface area contributed by atoms with E-state index in [2.05, 4.69) is 57.0 Å². The van der Waals surface area contributed by atoms with Crippen molar-refractivity contribution in [3.05, 3.63) is 29.8 Å². The van der Waals surface area contributed by atoms with Gasteiger partial charge >= 0.3 is 0 Å². The molecule has 27 heavy (non-hydrogen) atoms. The first-order valence-electron chi connectivity index (χ1n) is 10.2. The molecule has 3 rings (SSSR count). The van der Waals surface area contributed by atoms with Crippen LogP contribution >= 0.6 is 0 Å². The number of rotatable bonds is 6. The van der Waals surface area contributed by atoms with E-state index in [0.29, 0.717) is 18.5 Å². The van der Waals surface area contributed by atoms with Crippen molar-refractivity contribution in [2.45, 2.75) is 45.6 Å². The summed E-state index contributed by atoms with van der Waals surface area (Å²) in [6, 6.07) is 8.42. The first-order valence-corrected chi connectivity index (χ1v) is 10.2. The van der Waals surface area contributed by atoms with Gasteiger partial charge in [-0.2, -0.15) is 0 Å². The first-order chi connectivity index (χ1) is 13.1. The highest BCUT2D eigenvalue weighted by Gasteiger charge is 2.31. The Bertz CT molecular complexity index is 649. The van der Waals surface area contributed by atoms with E-state index in [1.165, 1.54) is 37.7 Å². The van der Waals surface area contributed by atoms with Crippen LogP contribution in [0, 0.1) is 5.41 Å². The van der Waals surface area contributed by atoms with Gasteiger partial charge in [0.15, 0.2) is 5.96 Å². The Morgan fingerprint density at radius 3 is 2.59 bits per heavy atom. The number of hydrogen-bond acceptors (Lipinski definition) is 3. The number of hydrogen-bond donors (Lipinski definition) is 3. The number of amides is 1. The van der Waals surface area contributed by atoms with Crippen LogP contribution in [0.2, 0.25) is 0 Å². The summed E-state index contributed by atoms with van der Waals surface area (Å²) in [5, 5.41) is 9.81. The topological polar surface area (TPSA) is 68.8 Å². The van der Waals surface area contributed by atoms with Gasteiger partial charge in [0.05, 0.1) is 6.54 Å². The predicted octanol–water partition coefficient (Wildman–Crippen LogP) is 2.26. The van der Waals surface area contributed by atoms with Gasteiger partial charge in [-0.1, -0.05) is 31.9 Å². The van der Waals surface area contributed by atoms with Crippen LogP contribution in [-0.2, 0) is 11.3 Å². The van der Waals surface area contributed by atoms with Gasteiger partial charge in [0.1, 0.15) is 0 Å². The summed E-state index contributed by atoms with van der Waals surface area (Å²) < 4.78 is 0. The molecule has 1 aromatic carbocycles. The van der Waals surface area contributed by atoms with Crippen LogP contribution in [0.25, 0.3) is 0 Å². The molecule has 1 aliphatic carbocycles. The normalized spacial score (nSPS) is 19.7. The molecule has 1 saturated carbocycles. The van der Waals surface area contributed by atoms with Crippen LogP contribution in [0.3, 0.4) is 0 Å². The van der Waals surface area contributed by atoms with E-state index in [9.17, 15) is 4.79 Å². The van der Waals surface area contributed by atoms with Crippen molar-refractivity contribution in [2.24, 2.45) is 10.4 Å². The van der Waals surface area contributed by atoms with E-state index in [4.69, 9.17) is 0 Å². The Morgan fingerprint density at radius 2 is 1.96 bits per heavy atom. The van der Waals surface area contributed by atoms with Crippen molar-refractivity contribution in [1.82, 2.24) is 16.0 Å². The van der Waals surface area contributed by atoms with E-state index < -0.39 is 0 Å². The Labute approximate surface area is 162 Å². The molecule has 2 fully saturated rings. The molecule has 0 unspecified atom stereocenters. The smallest absolute Gasteiger partial charge is 0.239 e. The standard InChI is InChI=1S/C21H33N5O/c1-3-21(10-4-5-11-21)16-25-20(22-2)24-14-17-6-8-18(9-7-17)26-13-12-23-19(27)15-26/h6-9H,3-5,10-16H2,1-2H3,(H,23,27)(H2,22,24,25). The second-order valence-corrected chi connectivity index (χ2v) is 7.78. The summed E-state index contributed by atoms with van der Waals surface area (Å²) in [4.78, 5) is 18.0. The lowest BCUT2D eigenvalue weighted by molar-refractivity contribution is -0.120. The van der Waals surface area contributed by atoms with Gasteiger partial charge in [0.2, 0.25) is 5.91 Å². The molecular formula is C21H33N5O. The van der Waals surface area contributed by atoms with Crippen molar-refractivity contribution in [1.29, 1.82) is 0 Å². The van der Waals surface area contributed by atoms with Gasteiger partial charge in [0, 0.05) is 38.9 Å². The average molecular weight is 372 g/mol. The maximum Gasteiger partial charge on any atom is 0.239 e. The number of anilines is 1. The second kappa shape index (κ2) is 9.11. The molecule has 0 spiro atoms. The minimum atomic E-state index is 0.0916. The molecule has 6 heteroatoms. The second-order valence-electron chi connectivity index (χ2n) is 7.78. The van der Waals surface area contributed by atoms with Gasteiger partial charge in [0.25, 0.3) is 0 Å². The van der Waals surface area contributed by atoms with Gasteiger partial charge in [-0.05, 0) is 42.4 Å². The van der Waals surface area contributed by atoms with E-state index in [1.54, 1.807) is 0 Å². The number of nitrogens with one attached hydrogen (secondary N) is 3. The molecule has 6 nitrogen and oxygen atoms in total. The minimum Gasteiger partial charge on any atom is -0.360 e. The van der Waals surface area contributed by atoms with Crippen molar-refractivity contribution in [2.75, 3.05) is 38.1 Å². The molecule has 2 aliphatic rings. The number of guanidine groups is 1. The van der Waals surface area contributed by atoms with Crippen LogP contribution in [-0.4, -0.2) is 45.1 Å². The Balaban J connectivity index is 1.48. The van der Waals surface area contributed by atoms with Crippen LogP contribution in [0.15, 0.2) is 29.3 Å². The zero-order valence-corrected chi connectivity index (χ0v) is 16.7. The summed E-state index contributed by atoms with van der Waals surface area (Å²) in [6.07, 6.45) is 6.58. The van der Waals surface area contributed by atoms with Crippen LogP contribution in [0.4, 0.5) is 5.69 Å². The fourth-order valence-corrected chi connectivity index (χ4v) is 4.14. The van der Waals surface area contributed by atoms with E-state index in [1.807, 2.05) is 7.05 Å². The average Bonchev–Trinajstić information content (AvgIpc) is 3.18. The highest BCUT2D eigenvalue weighted by molar-refractivity contribution is 5.82. The molecule has 0 atom stereocenters. The monoisotopic (exact) mass is 371 g/mol. The van der Waals surface area contributed by atoms with Crippen molar-refractivity contribution < 1.29 is 4.79 Å². The SMILES string of the molecule is CCC1(CNC(=NC)NCc2ccc(N3CCNC(=O)C3)cc2)CCCC1. The molecule has 0 bridgehead atoms. The summed E-state index contributed by atoms with van der Waals surface area (Å²) >= 11 is 0. The minimum absolute atomic E-state index is 0.0916. The summed E-state index contributed by atoms with van der Waals surface area (Å²) in [5.74, 6) is 0.959. The van der Waals surface area contributed by atoms with E-state index in [0.717, 1.165) is 31.3 Å². The number of benzene rings is 1. The summed E-state index contributed by atoms with van der Waals surface area (Å²) in [6.45, 7) is 6.05. The zero-order valence-electron chi connectivity index (χ0n) is 16.7. The molecule has 1 saturated heterocycles. The van der Waals surface area contributed by atoms with Gasteiger partial charge in [-0.3, -0.25) is 9.79 Å². The number of nitrogens with zero attached hydrogens (tertiary/aromatic N) is 2. The zero-order chi connectivity index (χ0) is 19.1. The number of carbonyl (C=O) groups excluding carboxylic acids is 1. The lowest BCUT2D eigenvalue weighted by Crippen LogP contribution is -2.47. The Morgan fingerprint density at radius 1 is 1.22 bits per heavy atom. The van der Waals surface area contributed by atoms with E-state index in [-0.39, 0.29) is 5.91 Å². The molecule has 1 aliphatic heterocycles. The lowest BCUT2D eigenvalue weighted by atomic mass is 9.83. The fraction of sp³-hybridized carbons (Fsp3) is 0.619. The maximum absolute atomic E-state index is 11.5. The molecule has 1 amide bonds. The van der Waals surface area contributed by atoms with Gasteiger partial charge < -0.3 is 20.9 Å². The van der Waals surface area contributed by atoms with Crippen LogP contribution in [0.1, 0.15) is 44.6 Å². The highest BCUT2D eigenvalue weighted by Crippen LogP contribution is 2.40. The molecular weight excluding hydrogens is 338 g/mol. The quantitative estimate of drug-likeness (QED) is 0.530. The molecule has 3 N–H and O–H groups in total. The Kier molecular flexibility index (Phi) is 6.58. The lowest BCUT2D eigenvalue weighted by Gasteiger charge is -2.29. The molecule has 0 aromatic heterocycles. The number of piperazine rings is 1. The van der Waals surface area contributed by atoms with Gasteiger partial charge in [-0.25, -0.2) is 0 Å². The van der Waals surface area contributed by atoms with Crippen molar-refractivity contribution in [3.8, 4) is 0 Å². The molecule has 148 valence electrons. The number of aliphatic imine (C=N–C) groups is 1.